The lowest BCUT2D eigenvalue weighted by Crippen LogP contribution is -2.25. The first-order chi connectivity index (χ1) is 6.92. The summed E-state index contributed by atoms with van der Waals surface area (Å²) in [5, 5.41) is 0. The van der Waals surface area contributed by atoms with Gasteiger partial charge in [0, 0.05) is 19.1 Å². The molecule has 0 aliphatic carbocycles. The maximum absolute atomic E-state index is 5.80. The molecule has 0 amide bonds. The molecular formula is C12H17NO. The van der Waals surface area contributed by atoms with Gasteiger partial charge in [-0.2, -0.15) is 0 Å². The largest absolute Gasteiger partial charge is 0.378 e. The van der Waals surface area contributed by atoms with Crippen LogP contribution in [-0.4, -0.2) is 19.3 Å². The number of hydrogen-bond acceptors (Lipinski definition) is 2. The van der Waals surface area contributed by atoms with E-state index in [1.54, 1.807) is 0 Å². The summed E-state index contributed by atoms with van der Waals surface area (Å²) in [6.07, 6.45) is 2.66. The summed E-state index contributed by atoms with van der Waals surface area (Å²) in [6, 6.07) is 10.4. The van der Waals surface area contributed by atoms with E-state index in [4.69, 9.17) is 10.5 Å². The molecule has 1 aromatic carbocycles. The first-order valence-electron chi connectivity index (χ1n) is 5.28. The van der Waals surface area contributed by atoms with Crippen LogP contribution >= 0.6 is 0 Å². The normalized spacial score (nSPS) is 23.6. The summed E-state index contributed by atoms with van der Waals surface area (Å²) in [5.41, 5.74) is 7.11. The van der Waals surface area contributed by atoms with Crippen LogP contribution < -0.4 is 5.73 Å². The van der Waals surface area contributed by atoms with Gasteiger partial charge < -0.3 is 10.5 Å². The summed E-state index contributed by atoms with van der Waals surface area (Å²) >= 11 is 0. The van der Waals surface area contributed by atoms with Crippen molar-refractivity contribution in [3.8, 4) is 0 Å². The molecule has 2 nitrogen and oxygen atoms in total. The minimum Gasteiger partial charge on any atom is -0.378 e. The summed E-state index contributed by atoms with van der Waals surface area (Å²) in [6.45, 7) is 1.57. The van der Waals surface area contributed by atoms with Crippen molar-refractivity contribution < 1.29 is 4.74 Å². The summed E-state index contributed by atoms with van der Waals surface area (Å²) in [4.78, 5) is 0. The fourth-order valence-corrected chi connectivity index (χ4v) is 2.12. The highest BCUT2D eigenvalue weighted by Crippen LogP contribution is 2.27. The van der Waals surface area contributed by atoms with Crippen LogP contribution in [0.3, 0.4) is 0 Å². The van der Waals surface area contributed by atoms with Crippen LogP contribution in [0.5, 0.6) is 0 Å². The molecule has 1 aliphatic rings. The first-order valence-corrected chi connectivity index (χ1v) is 5.28. The Morgan fingerprint density at radius 2 is 2.14 bits per heavy atom. The molecule has 0 radical (unpaired) electrons. The SMILES string of the molecule is NCC(c1ccccc1)C1CCCO1. The van der Waals surface area contributed by atoms with E-state index >= 15 is 0 Å². The highest BCUT2D eigenvalue weighted by Gasteiger charge is 2.25. The van der Waals surface area contributed by atoms with Gasteiger partial charge in [-0.1, -0.05) is 30.3 Å². The molecule has 2 unspecified atom stereocenters. The average Bonchev–Trinajstić information content (AvgIpc) is 2.74. The Hall–Kier alpha value is -0.860. The van der Waals surface area contributed by atoms with Crippen LogP contribution in [0, 0.1) is 0 Å². The lowest BCUT2D eigenvalue weighted by Gasteiger charge is -2.21. The smallest absolute Gasteiger partial charge is 0.0656 e. The maximum atomic E-state index is 5.80. The molecule has 2 atom stereocenters. The monoisotopic (exact) mass is 191 g/mol. The number of rotatable bonds is 3. The van der Waals surface area contributed by atoms with Gasteiger partial charge in [0.2, 0.25) is 0 Å². The van der Waals surface area contributed by atoms with Crippen molar-refractivity contribution in [3.63, 3.8) is 0 Å². The Kier molecular flexibility index (Phi) is 3.17. The zero-order valence-electron chi connectivity index (χ0n) is 8.36. The third-order valence-corrected chi connectivity index (χ3v) is 2.90. The van der Waals surface area contributed by atoms with Crippen LogP contribution in [0.4, 0.5) is 0 Å². The molecule has 76 valence electrons. The van der Waals surface area contributed by atoms with Gasteiger partial charge in [-0.15, -0.1) is 0 Å². The number of nitrogens with two attached hydrogens (primary N) is 1. The van der Waals surface area contributed by atoms with Crippen LogP contribution in [0.1, 0.15) is 24.3 Å². The van der Waals surface area contributed by atoms with E-state index in [2.05, 4.69) is 24.3 Å². The standard InChI is InChI=1S/C12H17NO/c13-9-11(12-7-4-8-14-12)10-5-2-1-3-6-10/h1-3,5-6,11-12H,4,7-9,13H2. The van der Waals surface area contributed by atoms with Crippen LogP contribution in [0.15, 0.2) is 30.3 Å². The Morgan fingerprint density at radius 3 is 2.71 bits per heavy atom. The predicted octanol–water partition coefficient (Wildman–Crippen LogP) is 1.91. The molecule has 2 rings (SSSR count). The molecule has 1 saturated heterocycles. The van der Waals surface area contributed by atoms with Crippen molar-refractivity contribution >= 4 is 0 Å². The summed E-state index contributed by atoms with van der Waals surface area (Å²) in [7, 11) is 0. The van der Waals surface area contributed by atoms with Gasteiger partial charge in [-0.25, -0.2) is 0 Å². The van der Waals surface area contributed by atoms with E-state index in [0.717, 1.165) is 13.0 Å². The minimum atomic E-state index is 0.336. The lowest BCUT2D eigenvalue weighted by molar-refractivity contribution is 0.0905. The van der Waals surface area contributed by atoms with E-state index in [1.165, 1.54) is 12.0 Å². The van der Waals surface area contributed by atoms with Gasteiger partial charge in [-0.05, 0) is 18.4 Å². The second-order valence-electron chi connectivity index (χ2n) is 3.80. The number of hydrogen-bond donors (Lipinski definition) is 1. The Labute approximate surface area is 85.1 Å². The second-order valence-corrected chi connectivity index (χ2v) is 3.80. The van der Waals surface area contributed by atoms with Crippen molar-refractivity contribution in [3.05, 3.63) is 35.9 Å². The molecule has 2 heteroatoms. The van der Waals surface area contributed by atoms with Crippen LogP contribution in [-0.2, 0) is 4.74 Å². The molecular weight excluding hydrogens is 174 g/mol. The van der Waals surface area contributed by atoms with E-state index < -0.39 is 0 Å². The summed E-state index contributed by atoms with van der Waals surface area (Å²) in [5.74, 6) is 0.374. The molecule has 0 bridgehead atoms. The zero-order chi connectivity index (χ0) is 9.80. The highest BCUT2D eigenvalue weighted by molar-refractivity contribution is 5.21. The molecule has 1 aromatic rings. The zero-order valence-corrected chi connectivity index (χ0v) is 8.36. The van der Waals surface area contributed by atoms with Crippen molar-refractivity contribution in [2.24, 2.45) is 5.73 Å². The molecule has 0 saturated carbocycles. The quantitative estimate of drug-likeness (QED) is 0.792. The Morgan fingerprint density at radius 1 is 1.36 bits per heavy atom. The average molecular weight is 191 g/mol. The number of benzene rings is 1. The molecule has 1 heterocycles. The topological polar surface area (TPSA) is 35.2 Å². The van der Waals surface area contributed by atoms with Gasteiger partial charge in [-0.3, -0.25) is 0 Å². The third kappa shape index (κ3) is 1.97. The maximum Gasteiger partial charge on any atom is 0.0656 e. The molecule has 2 N–H and O–H groups in total. The Balaban J connectivity index is 2.12. The predicted molar refractivity (Wildman–Crippen MR) is 57.2 cm³/mol. The van der Waals surface area contributed by atoms with E-state index in [0.29, 0.717) is 18.6 Å². The van der Waals surface area contributed by atoms with Crippen molar-refractivity contribution in [2.45, 2.75) is 24.9 Å². The number of ether oxygens (including phenoxy) is 1. The van der Waals surface area contributed by atoms with Gasteiger partial charge in [0.25, 0.3) is 0 Å². The van der Waals surface area contributed by atoms with Gasteiger partial charge in [0.1, 0.15) is 0 Å². The highest BCUT2D eigenvalue weighted by atomic mass is 16.5. The first kappa shape index (κ1) is 9.69. The van der Waals surface area contributed by atoms with Crippen molar-refractivity contribution in [1.29, 1.82) is 0 Å². The molecule has 1 aliphatic heterocycles. The third-order valence-electron chi connectivity index (χ3n) is 2.90. The van der Waals surface area contributed by atoms with E-state index in [9.17, 15) is 0 Å². The van der Waals surface area contributed by atoms with Crippen LogP contribution in [0.2, 0.25) is 0 Å². The van der Waals surface area contributed by atoms with E-state index in [1.807, 2.05) is 6.07 Å². The van der Waals surface area contributed by atoms with Crippen molar-refractivity contribution in [2.75, 3.05) is 13.2 Å². The summed E-state index contributed by atoms with van der Waals surface area (Å²) < 4.78 is 5.68. The van der Waals surface area contributed by atoms with Crippen LogP contribution in [0.25, 0.3) is 0 Å². The Bertz CT molecular complexity index is 267. The molecule has 0 spiro atoms. The fraction of sp³-hybridized carbons (Fsp3) is 0.500. The second kappa shape index (κ2) is 4.58. The molecule has 1 fully saturated rings. The van der Waals surface area contributed by atoms with Crippen molar-refractivity contribution in [1.82, 2.24) is 0 Å². The molecule has 0 aromatic heterocycles. The fourth-order valence-electron chi connectivity index (χ4n) is 2.12. The molecule has 14 heavy (non-hydrogen) atoms. The van der Waals surface area contributed by atoms with Gasteiger partial charge in [0.05, 0.1) is 6.10 Å². The lowest BCUT2D eigenvalue weighted by atomic mass is 9.92. The minimum absolute atomic E-state index is 0.336. The van der Waals surface area contributed by atoms with Gasteiger partial charge >= 0.3 is 0 Å². The van der Waals surface area contributed by atoms with Gasteiger partial charge in [0.15, 0.2) is 0 Å². The van der Waals surface area contributed by atoms with E-state index in [-0.39, 0.29) is 0 Å².